The second-order valence-corrected chi connectivity index (χ2v) is 10.1. The van der Waals surface area contributed by atoms with Crippen molar-refractivity contribution in [3.8, 4) is 11.5 Å². The van der Waals surface area contributed by atoms with E-state index in [0.717, 1.165) is 33.3 Å². The van der Waals surface area contributed by atoms with Crippen molar-refractivity contribution in [1.29, 1.82) is 0 Å². The van der Waals surface area contributed by atoms with Crippen molar-refractivity contribution in [2.24, 2.45) is 0 Å². The number of urea groups is 1. The van der Waals surface area contributed by atoms with Crippen LogP contribution < -0.4 is 20.1 Å². The molecular formula is C20H27N3O6S2. The number of thiophene rings is 1. The third-order valence-corrected chi connectivity index (χ3v) is 8.24. The van der Waals surface area contributed by atoms with E-state index < -0.39 is 10.0 Å². The molecule has 1 aliphatic heterocycles. The van der Waals surface area contributed by atoms with Crippen LogP contribution in [0.1, 0.15) is 10.4 Å². The van der Waals surface area contributed by atoms with Crippen molar-refractivity contribution in [3.05, 3.63) is 40.8 Å². The summed E-state index contributed by atoms with van der Waals surface area (Å²) in [7, 11) is -0.322. The molecule has 0 unspecified atom stereocenters. The van der Waals surface area contributed by atoms with Gasteiger partial charge in [-0.1, -0.05) is 0 Å². The highest BCUT2D eigenvalue weighted by molar-refractivity contribution is 7.91. The number of rotatable bonds is 9. The molecular weight excluding hydrogens is 442 g/mol. The number of morpholine rings is 1. The second-order valence-electron chi connectivity index (χ2n) is 6.77. The van der Waals surface area contributed by atoms with Crippen LogP contribution in [0.5, 0.6) is 11.5 Å². The Hall–Kier alpha value is -2.34. The molecule has 1 aromatic heterocycles. The van der Waals surface area contributed by atoms with Crippen LogP contribution in [-0.2, 0) is 27.7 Å². The van der Waals surface area contributed by atoms with Gasteiger partial charge in [0.2, 0.25) is 0 Å². The van der Waals surface area contributed by atoms with Gasteiger partial charge in [0.25, 0.3) is 10.0 Å². The van der Waals surface area contributed by atoms with Gasteiger partial charge in [-0.3, -0.25) is 0 Å². The Morgan fingerprint density at radius 1 is 1.13 bits per heavy atom. The lowest BCUT2D eigenvalue weighted by Gasteiger charge is -2.25. The summed E-state index contributed by atoms with van der Waals surface area (Å²) in [6.45, 7) is 2.18. The first-order valence-corrected chi connectivity index (χ1v) is 12.1. The van der Waals surface area contributed by atoms with Crippen molar-refractivity contribution < 1.29 is 27.4 Å². The first-order valence-electron chi connectivity index (χ1n) is 9.83. The number of ether oxygens (including phenoxy) is 3. The molecule has 2 N–H and O–H groups in total. The molecule has 1 aromatic carbocycles. The average molecular weight is 470 g/mol. The summed E-state index contributed by atoms with van der Waals surface area (Å²) in [4.78, 5) is 12.9. The Morgan fingerprint density at radius 2 is 1.90 bits per heavy atom. The van der Waals surface area contributed by atoms with E-state index in [1.54, 1.807) is 26.4 Å². The Kier molecular flexibility index (Phi) is 8.13. The van der Waals surface area contributed by atoms with Crippen LogP contribution in [0.3, 0.4) is 0 Å². The van der Waals surface area contributed by atoms with Crippen LogP contribution in [0.15, 0.2) is 34.5 Å². The highest BCUT2D eigenvalue weighted by Gasteiger charge is 2.27. The number of carbonyl (C=O) groups excluding carboxylic acids is 1. The van der Waals surface area contributed by atoms with Gasteiger partial charge in [-0.2, -0.15) is 4.31 Å². The fourth-order valence-corrected chi connectivity index (χ4v) is 5.98. The van der Waals surface area contributed by atoms with E-state index in [2.05, 4.69) is 10.6 Å². The lowest BCUT2D eigenvalue weighted by atomic mass is 10.1. The quantitative estimate of drug-likeness (QED) is 0.580. The van der Waals surface area contributed by atoms with Crippen LogP contribution in [0.25, 0.3) is 0 Å². The van der Waals surface area contributed by atoms with E-state index in [4.69, 9.17) is 14.2 Å². The Balaban J connectivity index is 1.47. The summed E-state index contributed by atoms with van der Waals surface area (Å²) in [5.41, 5.74) is 0.929. The molecule has 0 aliphatic carbocycles. The maximum atomic E-state index is 12.7. The van der Waals surface area contributed by atoms with Crippen LogP contribution in [0.4, 0.5) is 4.79 Å². The summed E-state index contributed by atoms with van der Waals surface area (Å²) in [6.07, 6.45) is 0.578. The van der Waals surface area contributed by atoms with Gasteiger partial charge in [0, 0.05) is 24.5 Å². The van der Waals surface area contributed by atoms with Crippen molar-refractivity contribution in [2.75, 3.05) is 47.1 Å². The molecule has 0 saturated carbocycles. The first-order chi connectivity index (χ1) is 14.9. The molecule has 1 aliphatic rings. The van der Waals surface area contributed by atoms with Gasteiger partial charge >= 0.3 is 6.03 Å². The number of amides is 2. The van der Waals surface area contributed by atoms with E-state index in [-0.39, 0.29) is 16.8 Å². The minimum Gasteiger partial charge on any atom is -0.497 e. The SMILES string of the molecule is COc1ccc(OC)c(CCNC(=O)NCc2ccc(S(=O)(=O)N3CCOCC3)s2)c1. The lowest BCUT2D eigenvalue weighted by Crippen LogP contribution is -2.40. The number of carbonyl (C=O) groups is 1. The topological polar surface area (TPSA) is 106 Å². The number of sulfonamides is 1. The number of nitrogens with zero attached hydrogens (tertiary/aromatic N) is 1. The molecule has 2 amide bonds. The van der Waals surface area contributed by atoms with Crippen molar-refractivity contribution in [1.82, 2.24) is 14.9 Å². The Bertz CT molecular complexity index is 987. The summed E-state index contributed by atoms with van der Waals surface area (Å²) >= 11 is 1.16. The molecule has 1 saturated heterocycles. The summed E-state index contributed by atoms with van der Waals surface area (Å²) in [6, 6.07) is 8.50. The van der Waals surface area contributed by atoms with Crippen LogP contribution >= 0.6 is 11.3 Å². The summed E-state index contributed by atoms with van der Waals surface area (Å²) in [5.74, 6) is 1.45. The molecule has 0 bridgehead atoms. The van der Waals surface area contributed by atoms with Crippen molar-refractivity contribution >= 4 is 27.4 Å². The van der Waals surface area contributed by atoms with Crippen LogP contribution in [0, 0.1) is 0 Å². The highest BCUT2D eigenvalue weighted by Crippen LogP contribution is 2.26. The predicted molar refractivity (Wildman–Crippen MR) is 117 cm³/mol. The zero-order chi connectivity index (χ0) is 22.3. The van der Waals surface area contributed by atoms with Gasteiger partial charge in [-0.05, 0) is 42.3 Å². The molecule has 0 spiro atoms. The maximum absolute atomic E-state index is 12.7. The van der Waals surface area contributed by atoms with E-state index in [1.807, 2.05) is 18.2 Å². The molecule has 0 atom stereocenters. The molecule has 1 fully saturated rings. The fraction of sp³-hybridized carbons (Fsp3) is 0.450. The summed E-state index contributed by atoms with van der Waals surface area (Å²) in [5, 5.41) is 5.55. The lowest BCUT2D eigenvalue weighted by molar-refractivity contribution is 0.0731. The molecule has 2 aromatic rings. The zero-order valence-electron chi connectivity index (χ0n) is 17.5. The van der Waals surface area contributed by atoms with Gasteiger partial charge < -0.3 is 24.8 Å². The van der Waals surface area contributed by atoms with Crippen LogP contribution in [0.2, 0.25) is 0 Å². The van der Waals surface area contributed by atoms with Crippen molar-refractivity contribution in [3.63, 3.8) is 0 Å². The van der Waals surface area contributed by atoms with E-state index in [0.29, 0.717) is 39.3 Å². The Morgan fingerprint density at radius 3 is 2.61 bits per heavy atom. The molecule has 11 heteroatoms. The molecule has 170 valence electrons. The van der Waals surface area contributed by atoms with Gasteiger partial charge in [0.15, 0.2) is 0 Å². The third-order valence-electron chi connectivity index (χ3n) is 4.79. The number of hydrogen-bond acceptors (Lipinski definition) is 7. The van der Waals surface area contributed by atoms with E-state index in [1.165, 1.54) is 4.31 Å². The van der Waals surface area contributed by atoms with E-state index >= 15 is 0 Å². The number of nitrogens with one attached hydrogen (secondary N) is 2. The Labute approximate surface area is 186 Å². The molecule has 2 heterocycles. The first kappa shape index (κ1) is 23.3. The third kappa shape index (κ3) is 6.10. The molecule has 9 nitrogen and oxygen atoms in total. The molecule has 0 radical (unpaired) electrons. The fourth-order valence-electron chi connectivity index (χ4n) is 3.12. The molecule has 3 rings (SSSR count). The number of methoxy groups -OCH3 is 2. The smallest absolute Gasteiger partial charge is 0.315 e. The van der Waals surface area contributed by atoms with Crippen LogP contribution in [-0.4, -0.2) is 65.8 Å². The number of benzene rings is 1. The predicted octanol–water partition coefficient (Wildman–Crippen LogP) is 1.83. The number of hydrogen-bond donors (Lipinski definition) is 2. The standard InChI is InChI=1S/C20H27N3O6S2/c1-27-16-3-5-18(28-2)15(13-16)7-8-21-20(24)22-14-17-4-6-19(30-17)31(25,26)23-9-11-29-12-10-23/h3-6,13H,7-12,14H2,1-2H3,(H2,21,22,24). The van der Waals surface area contributed by atoms with Gasteiger partial charge in [0.05, 0.1) is 34.0 Å². The zero-order valence-corrected chi connectivity index (χ0v) is 19.2. The monoisotopic (exact) mass is 469 g/mol. The maximum Gasteiger partial charge on any atom is 0.315 e. The minimum absolute atomic E-state index is 0.248. The van der Waals surface area contributed by atoms with Crippen molar-refractivity contribution in [2.45, 2.75) is 17.2 Å². The summed E-state index contributed by atoms with van der Waals surface area (Å²) < 4.78 is 42.8. The van der Waals surface area contributed by atoms with Gasteiger partial charge in [-0.25, -0.2) is 13.2 Å². The van der Waals surface area contributed by atoms with Gasteiger partial charge in [0.1, 0.15) is 15.7 Å². The minimum atomic E-state index is -3.52. The van der Waals surface area contributed by atoms with Gasteiger partial charge in [-0.15, -0.1) is 11.3 Å². The van der Waals surface area contributed by atoms with E-state index in [9.17, 15) is 13.2 Å². The second kappa shape index (κ2) is 10.8. The molecule has 31 heavy (non-hydrogen) atoms. The average Bonchev–Trinajstić information content (AvgIpc) is 3.28. The normalized spacial score (nSPS) is 14.8. The highest BCUT2D eigenvalue weighted by atomic mass is 32.2. The largest absolute Gasteiger partial charge is 0.497 e.